The first-order valence-electron chi connectivity index (χ1n) is 6.28. The Bertz CT molecular complexity index is 459. The maximum Gasteiger partial charge on any atom is 0.323 e. The number of likely N-dealkylation sites (N-methyl/N-ethyl adjacent to an activating group) is 1. The second-order valence-corrected chi connectivity index (χ2v) is 5.38. The summed E-state index contributed by atoms with van der Waals surface area (Å²) in [7, 11) is 1.62. The van der Waals surface area contributed by atoms with E-state index in [-0.39, 0.29) is 19.3 Å². The molecule has 0 unspecified atom stereocenters. The molecule has 110 valence electrons. The van der Waals surface area contributed by atoms with Crippen molar-refractivity contribution >= 4 is 29.2 Å². The highest BCUT2D eigenvalue weighted by Gasteiger charge is 2.12. The molecule has 3 amide bonds. The van der Waals surface area contributed by atoms with Gasteiger partial charge in [0.05, 0.1) is 0 Å². The van der Waals surface area contributed by atoms with Crippen LogP contribution in [0.3, 0.4) is 0 Å². The standard InChI is InChI=1S/C13H18N2O4S/c1-15(8-7-10-4-3-9-20-10)13(19)14-11(16)5-2-6-12(17)18/h3-4,9H,2,5-8H2,1H3,(H,17,18)(H,14,16,19). The molecule has 0 saturated heterocycles. The Morgan fingerprint density at radius 2 is 2.10 bits per heavy atom. The first kappa shape index (κ1) is 16.2. The first-order chi connectivity index (χ1) is 9.49. The van der Waals surface area contributed by atoms with Gasteiger partial charge in [-0.25, -0.2) is 4.79 Å². The molecular weight excluding hydrogens is 280 g/mol. The van der Waals surface area contributed by atoms with Crippen LogP contribution in [-0.2, 0) is 16.0 Å². The zero-order chi connectivity index (χ0) is 15.0. The first-order valence-corrected chi connectivity index (χ1v) is 7.16. The number of nitrogens with one attached hydrogen (secondary N) is 1. The third-order valence-corrected chi connectivity index (χ3v) is 3.60. The fourth-order valence-electron chi connectivity index (χ4n) is 1.51. The van der Waals surface area contributed by atoms with E-state index >= 15 is 0 Å². The Hall–Kier alpha value is -1.89. The molecule has 1 aromatic rings. The van der Waals surface area contributed by atoms with Crippen LogP contribution in [0.4, 0.5) is 4.79 Å². The van der Waals surface area contributed by atoms with Crippen LogP contribution in [-0.4, -0.2) is 41.5 Å². The average Bonchev–Trinajstić information content (AvgIpc) is 2.88. The number of hydrogen-bond donors (Lipinski definition) is 2. The third kappa shape index (κ3) is 6.33. The molecule has 0 atom stereocenters. The summed E-state index contributed by atoms with van der Waals surface area (Å²) in [4.78, 5) is 36.0. The summed E-state index contributed by atoms with van der Waals surface area (Å²) in [5, 5.41) is 12.7. The van der Waals surface area contributed by atoms with Crippen LogP contribution in [0.1, 0.15) is 24.1 Å². The summed E-state index contributed by atoms with van der Waals surface area (Å²) in [5.41, 5.74) is 0. The van der Waals surface area contributed by atoms with E-state index in [1.165, 1.54) is 9.78 Å². The lowest BCUT2D eigenvalue weighted by Crippen LogP contribution is -2.41. The highest BCUT2D eigenvalue weighted by Crippen LogP contribution is 2.09. The number of nitrogens with zero attached hydrogens (tertiary/aromatic N) is 1. The van der Waals surface area contributed by atoms with E-state index in [2.05, 4.69) is 5.32 Å². The molecule has 1 aromatic heterocycles. The fraction of sp³-hybridized carbons (Fsp3) is 0.462. The van der Waals surface area contributed by atoms with E-state index in [0.29, 0.717) is 6.54 Å². The number of carboxylic acids is 1. The molecule has 1 heterocycles. The number of carbonyl (C=O) groups is 3. The predicted octanol–water partition coefficient (Wildman–Crippen LogP) is 1.71. The van der Waals surface area contributed by atoms with E-state index in [9.17, 15) is 14.4 Å². The van der Waals surface area contributed by atoms with E-state index in [1.54, 1.807) is 18.4 Å². The second kappa shape index (κ2) is 8.31. The Balaban J connectivity index is 2.23. The molecule has 0 aliphatic carbocycles. The molecule has 20 heavy (non-hydrogen) atoms. The number of carboxylic acid groups (broad SMARTS) is 1. The molecule has 0 saturated carbocycles. The zero-order valence-corrected chi connectivity index (χ0v) is 12.1. The van der Waals surface area contributed by atoms with E-state index in [0.717, 1.165) is 6.42 Å². The summed E-state index contributed by atoms with van der Waals surface area (Å²) in [6, 6.07) is 3.49. The fourth-order valence-corrected chi connectivity index (χ4v) is 2.21. The Morgan fingerprint density at radius 1 is 1.35 bits per heavy atom. The topological polar surface area (TPSA) is 86.7 Å². The SMILES string of the molecule is CN(CCc1cccs1)C(=O)NC(=O)CCCC(=O)O. The van der Waals surface area contributed by atoms with Gasteiger partial charge in [0.25, 0.3) is 0 Å². The van der Waals surface area contributed by atoms with Gasteiger partial charge < -0.3 is 10.0 Å². The molecule has 2 N–H and O–H groups in total. The minimum absolute atomic E-state index is 0.0385. The molecule has 0 aromatic carbocycles. The number of carbonyl (C=O) groups excluding carboxylic acids is 2. The van der Waals surface area contributed by atoms with Crippen LogP contribution >= 0.6 is 11.3 Å². The Labute approximate surface area is 121 Å². The highest BCUT2D eigenvalue weighted by atomic mass is 32.1. The zero-order valence-electron chi connectivity index (χ0n) is 11.3. The lowest BCUT2D eigenvalue weighted by atomic mass is 10.2. The minimum atomic E-state index is -0.947. The van der Waals surface area contributed by atoms with Crippen LogP contribution in [0.25, 0.3) is 0 Å². The summed E-state index contributed by atoms with van der Waals surface area (Å²) in [6.45, 7) is 0.523. The smallest absolute Gasteiger partial charge is 0.323 e. The van der Waals surface area contributed by atoms with Crippen molar-refractivity contribution in [1.82, 2.24) is 10.2 Å². The van der Waals surface area contributed by atoms with Crippen molar-refractivity contribution in [3.8, 4) is 0 Å². The maximum atomic E-state index is 11.7. The third-order valence-electron chi connectivity index (χ3n) is 2.66. The van der Waals surface area contributed by atoms with E-state index < -0.39 is 17.9 Å². The monoisotopic (exact) mass is 298 g/mol. The molecule has 0 aliphatic rings. The van der Waals surface area contributed by atoms with Crippen molar-refractivity contribution in [1.29, 1.82) is 0 Å². The van der Waals surface area contributed by atoms with Gasteiger partial charge in [-0.05, 0) is 24.3 Å². The average molecular weight is 298 g/mol. The van der Waals surface area contributed by atoms with Gasteiger partial charge in [0, 0.05) is 31.3 Å². The van der Waals surface area contributed by atoms with Crippen molar-refractivity contribution in [2.45, 2.75) is 25.7 Å². The van der Waals surface area contributed by atoms with Gasteiger partial charge in [-0.3, -0.25) is 14.9 Å². The number of imide groups is 1. The van der Waals surface area contributed by atoms with Crippen molar-refractivity contribution in [2.24, 2.45) is 0 Å². The summed E-state index contributed by atoms with van der Waals surface area (Å²) in [6.07, 6.45) is 0.939. The second-order valence-electron chi connectivity index (χ2n) is 4.35. The molecule has 0 aliphatic heterocycles. The van der Waals surface area contributed by atoms with Crippen LogP contribution in [0.15, 0.2) is 17.5 Å². The molecule has 6 nitrogen and oxygen atoms in total. The van der Waals surface area contributed by atoms with Crippen LogP contribution in [0, 0.1) is 0 Å². The number of urea groups is 1. The molecule has 0 bridgehead atoms. The Kier molecular flexibility index (Phi) is 6.72. The quantitative estimate of drug-likeness (QED) is 0.802. The Morgan fingerprint density at radius 3 is 2.70 bits per heavy atom. The lowest BCUT2D eigenvalue weighted by Gasteiger charge is -2.16. The van der Waals surface area contributed by atoms with E-state index in [1.807, 2.05) is 17.5 Å². The summed E-state index contributed by atoms with van der Waals surface area (Å²) < 4.78 is 0. The van der Waals surface area contributed by atoms with Crippen molar-refractivity contribution < 1.29 is 19.5 Å². The van der Waals surface area contributed by atoms with Gasteiger partial charge >= 0.3 is 12.0 Å². The number of thiophene rings is 1. The van der Waals surface area contributed by atoms with Crippen molar-refractivity contribution in [2.75, 3.05) is 13.6 Å². The van der Waals surface area contributed by atoms with Crippen molar-refractivity contribution in [3.05, 3.63) is 22.4 Å². The number of hydrogen-bond acceptors (Lipinski definition) is 4. The predicted molar refractivity (Wildman–Crippen MR) is 75.7 cm³/mol. The normalized spacial score (nSPS) is 10.1. The van der Waals surface area contributed by atoms with Crippen LogP contribution in [0.5, 0.6) is 0 Å². The van der Waals surface area contributed by atoms with Gasteiger partial charge in [0.1, 0.15) is 0 Å². The number of amides is 3. The lowest BCUT2D eigenvalue weighted by molar-refractivity contribution is -0.137. The van der Waals surface area contributed by atoms with Crippen LogP contribution in [0.2, 0.25) is 0 Å². The minimum Gasteiger partial charge on any atom is -0.481 e. The summed E-state index contributed by atoms with van der Waals surface area (Å²) in [5.74, 6) is -1.39. The van der Waals surface area contributed by atoms with Crippen LogP contribution < -0.4 is 5.32 Å². The highest BCUT2D eigenvalue weighted by molar-refractivity contribution is 7.09. The summed E-state index contributed by atoms with van der Waals surface area (Å²) >= 11 is 1.62. The maximum absolute atomic E-state index is 11.7. The molecule has 0 radical (unpaired) electrons. The van der Waals surface area contributed by atoms with Gasteiger partial charge in [0.2, 0.25) is 5.91 Å². The molecule has 0 spiro atoms. The van der Waals surface area contributed by atoms with Gasteiger partial charge in [-0.15, -0.1) is 11.3 Å². The largest absolute Gasteiger partial charge is 0.481 e. The van der Waals surface area contributed by atoms with Gasteiger partial charge in [-0.1, -0.05) is 6.07 Å². The molecule has 7 heteroatoms. The molecular formula is C13H18N2O4S. The molecule has 1 rings (SSSR count). The van der Waals surface area contributed by atoms with Gasteiger partial charge in [0.15, 0.2) is 0 Å². The molecule has 0 fully saturated rings. The van der Waals surface area contributed by atoms with E-state index in [4.69, 9.17) is 5.11 Å². The van der Waals surface area contributed by atoms with Gasteiger partial charge in [-0.2, -0.15) is 0 Å². The van der Waals surface area contributed by atoms with Crippen molar-refractivity contribution in [3.63, 3.8) is 0 Å². The number of rotatable bonds is 7. The number of aliphatic carboxylic acids is 1.